The lowest BCUT2D eigenvalue weighted by Gasteiger charge is -2.28. The topological polar surface area (TPSA) is 3.24 Å². The van der Waals surface area contributed by atoms with E-state index in [0.29, 0.717) is 0 Å². The highest BCUT2D eigenvalue weighted by atomic mass is 32.1. The summed E-state index contributed by atoms with van der Waals surface area (Å²) in [5.74, 6) is 0. The van der Waals surface area contributed by atoms with Crippen LogP contribution in [0, 0.1) is 0 Å². The lowest BCUT2D eigenvalue weighted by Crippen LogP contribution is -2.16. The van der Waals surface area contributed by atoms with Crippen LogP contribution in [0.1, 0.15) is 25.0 Å². The van der Waals surface area contributed by atoms with E-state index < -0.39 is 0 Å². The Hall–Kier alpha value is -6.22. The molecule has 9 aromatic rings. The third kappa shape index (κ3) is 5.21. The van der Waals surface area contributed by atoms with Crippen LogP contribution in [0.3, 0.4) is 0 Å². The molecule has 0 unspecified atom stereocenters. The predicted octanol–water partition coefficient (Wildman–Crippen LogP) is 14.8. The maximum atomic E-state index is 2.41. The first-order chi connectivity index (χ1) is 26.0. The van der Waals surface area contributed by atoms with Crippen LogP contribution in [0.15, 0.2) is 188 Å². The second-order valence-corrected chi connectivity index (χ2v) is 15.6. The van der Waals surface area contributed by atoms with Gasteiger partial charge in [-0.3, -0.25) is 0 Å². The number of fused-ring (bicyclic) bond motifs is 6. The Bertz CT molecular complexity index is 2780. The van der Waals surface area contributed by atoms with Gasteiger partial charge in [-0.05, 0) is 92.5 Å². The molecule has 0 saturated heterocycles. The number of hydrogen-bond acceptors (Lipinski definition) is 2. The van der Waals surface area contributed by atoms with Gasteiger partial charge in [0.25, 0.3) is 0 Å². The van der Waals surface area contributed by atoms with Crippen molar-refractivity contribution >= 4 is 48.6 Å². The maximum Gasteiger partial charge on any atom is 0.0465 e. The van der Waals surface area contributed by atoms with Crippen molar-refractivity contribution in [3.05, 3.63) is 199 Å². The highest BCUT2D eigenvalue weighted by Crippen LogP contribution is 2.51. The summed E-state index contributed by atoms with van der Waals surface area (Å²) in [6, 6.07) is 69.0. The third-order valence-corrected chi connectivity index (χ3v) is 12.3. The number of rotatable bonds is 6. The van der Waals surface area contributed by atoms with Crippen molar-refractivity contribution in [3.63, 3.8) is 0 Å². The van der Waals surface area contributed by atoms with Crippen LogP contribution >= 0.6 is 11.3 Å². The highest BCUT2D eigenvalue weighted by Gasteiger charge is 2.35. The molecule has 0 saturated carbocycles. The number of thiophene rings is 1. The van der Waals surface area contributed by atoms with Crippen LogP contribution in [-0.4, -0.2) is 0 Å². The van der Waals surface area contributed by atoms with E-state index in [0.717, 1.165) is 17.1 Å². The Labute approximate surface area is 315 Å². The van der Waals surface area contributed by atoms with Gasteiger partial charge in [-0.2, -0.15) is 0 Å². The molecule has 0 aliphatic heterocycles. The van der Waals surface area contributed by atoms with Crippen LogP contribution in [0.4, 0.5) is 17.1 Å². The van der Waals surface area contributed by atoms with E-state index in [9.17, 15) is 0 Å². The Balaban J connectivity index is 1.11. The molecular formula is C51H37NS. The average Bonchev–Trinajstić information content (AvgIpc) is 3.71. The van der Waals surface area contributed by atoms with Gasteiger partial charge in [-0.25, -0.2) is 0 Å². The SMILES string of the molecule is CC1(C)c2ccccc2-c2ccc(N(c3ccc(-c4ccccc4)cc3)c3ccc(-c4ccc5c(sc6ccccc65)c4-c4ccccc4)cc3)cc21. The van der Waals surface area contributed by atoms with Crippen molar-refractivity contribution in [2.24, 2.45) is 0 Å². The fourth-order valence-corrected chi connectivity index (χ4v) is 9.70. The Kier molecular flexibility index (Phi) is 7.42. The second kappa shape index (κ2) is 12.5. The summed E-state index contributed by atoms with van der Waals surface area (Å²) in [6.07, 6.45) is 0. The predicted molar refractivity (Wildman–Crippen MR) is 228 cm³/mol. The fourth-order valence-electron chi connectivity index (χ4n) is 8.42. The van der Waals surface area contributed by atoms with Gasteiger partial charge in [0.15, 0.2) is 0 Å². The molecule has 0 N–H and O–H groups in total. The minimum absolute atomic E-state index is 0.0896. The van der Waals surface area contributed by atoms with E-state index in [-0.39, 0.29) is 5.41 Å². The van der Waals surface area contributed by atoms with Gasteiger partial charge in [0, 0.05) is 48.2 Å². The van der Waals surface area contributed by atoms with Gasteiger partial charge >= 0.3 is 0 Å². The first-order valence-corrected chi connectivity index (χ1v) is 19.2. The van der Waals surface area contributed by atoms with Crippen LogP contribution in [-0.2, 0) is 5.41 Å². The molecule has 1 aliphatic carbocycles. The molecule has 10 rings (SSSR count). The third-order valence-electron chi connectivity index (χ3n) is 11.1. The summed E-state index contributed by atoms with van der Waals surface area (Å²) < 4.78 is 2.66. The van der Waals surface area contributed by atoms with Crippen molar-refractivity contribution < 1.29 is 0 Å². The lowest BCUT2D eigenvalue weighted by atomic mass is 9.82. The van der Waals surface area contributed by atoms with Gasteiger partial charge in [0.05, 0.1) is 0 Å². The molecule has 0 fully saturated rings. The van der Waals surface area contributed by atoms with Gasteiger partial charge in [-0.1, -0.05) is 159 Å². The van der Waals surface area contributed by atoms with Crippen molar-refractivity contribution in [2.75, 3.05) is 4.90 Å². The van der Waals surface area contributed by atoms with Gasteiger partial charge in [0.2, 0.25) is 0 Å². The van der Waals surface area contributed by atoms with Crippen molar-refractivity contribution in [1.82, 2.24) is 0 Å². The van der Waals surface area contributed by atoms with Crippen molar-refractivity contribution in [1.29, 1.82) is 0 Å². The zero-order valence-corrected chi connectivity index (χ0v) is 30.6. The van der Waals surface area contributed by atoms with E-state index in [4.69, 9.17) is 0 Å². The summed E-state index contributed by atoms with van der Waals surface area (Å²) in [4.78, 5) is 2.41. The first-order valence-electron chi connectivity index (χ1n) is 18.3. The molecule has 1 heterocycles. The molecular weight excluding hydrogens is 659 g/mol. The monoisotopic (exact) mass is 695 g/mol. The lowest BCUT2D eigenvalue weighted by molar-refractivity contribution is 0.660. The number of anilines is 3. The standard InChI is InChI=1S/C51H37NS/c1-51(2)46-19-11-9-17-42(46)43-30-29-40(33-47(43)51)52(38-25-21-35(22-26-38)34-13-5-3-6-14-34)39-27-23-36(24-28-39)41-31-32-45-44-18-10-12-20-48(44)53-50(45)49(41)37-15-7-4-8-16-37/h3-33H,1-2H3. The van der Waals surface area contributed by atoms with Crippen molar-refractivity contribution in [3.8, 4) is 44.5 Å². The van der Waals surface area contributed by atoms with Crippen LogP contribution in [0.5, 0.6) is 0 Å². The quantitative estimate of drug-likeness (QED) is 0.167. The summed E-state index contributed by atoms with van der Waals surface area (Å²) in [5.41, 5.74) is 16.2. The van der Waals surface area contributed by atoms with Crippen molar-refractivity contribution in [2.45, 2.75) is 19.3 Å². The maximum absolute atomic E-state index is 2.41. The molecule has 53 heavy (non-hydrogen) atoms. The molecule has 0 amide bonds. The zero-order valence-electron chi connectivity index (χ0n) is 29.8. The van der Waals surface area contributed by atoms with E-state index >= 15 is 0 Å². The number of hydrogen-bond donors (Lipinski definition) is 0. The number of nitrogens with zero attached hydrogens (tertiary/aromatic N) is 1. The largest absolute Gasteiger partial charge is 0.310 e. The molecule has 0 bridgehead atoms. The molecule has 0 spiro atoms. The molecule has 252 valence electrons. The van der Waals surface area contributed by atoms with Crippen LogP contribution < -0.4 is 4.90 Å². The fraction of sp³-hybridized carbons (Fsp3) is 0.0588. The van der Waals surface area contributed by atoms with E-state index in [1.54, 1.807) is 0 Å². The second-order valence-electron chi connectivity index (χ2n) is 14.5. The minimum atomic E-state index is -0.0896. The molecule has 1 nitrogen and oxygen atoms in total. The van der Waals surface area contributed by atoms with Gasteiger partial charge in [0.1, 0.15) is 0 Å². The van der Waals surface area contributed by atoms with Crippen LogP contribution in [0.25, 0.3) is 64.7 Å². The van der Waals surface area contributed by atoms with Gasteiger partial charge < -0.3 is 4.90 Å². The Morgan fingerprint density at radius 1 is 0.396 bits per heavy atom. The first kappa shape index (κ1) is 31.5. The number of benzene rings is 8. The minimum Gasteiger partial charge on any atom is -0.310 e. The van der Waals surface area contributed by atoms with Gasteiger partial charge in [-0.15, -0.1) is 11.3 Å². The molecule has 1 aliphatic rings. The Morgan fingerprint density at radius 3 is 1.68 bits per heavy atom. The smallest absolute Gasteiger partial charge is 0.0465 e. The normalized spacial score (nSPS) is 12.9. The molecule has 0 radical (unpaired) electrons. The molecule has 2 heteroatoms. The average molecular weight is 696 g/mol. The summed E-state index contributed by atoms with van der Waals surface area (Å²) in [6.45, 7) is 4.71. The zero-order chi connectivity index (χ0) is 35.5. The highest BCUT2D eigenvalue weighted by molar-refractivity contribution is 7.26. The summed E-state index contributed by atoms with van der Waals surface area (Å²) >= 11 is 1.89. The van der Waals surface area contributed by atoms with Crippen LogP contribution in [0.2, 0.25) is 0 Å². The Morgan fingerprint density at radius 2 is 0.943 bits per heavy atom. The molecule has 8 aromatic carbocycles. The molecule has 0 atom stereocenters. The van der Waals surface area contributed by atoms with E-state index in [1.165, 1.54) is 75.8 Å². The summed E-state index contributed by atoms with van der Waals surface area (Å²) in [5, 5.41) is 2.64. The molecule has 1 aromatic heterocycles. The summed E-state index contributed by atoms with van der Waals surface area (Å²) in [7, 11) is 0. The van der Waals surface area contributed by atoms with E-state index in [1.807, 2.05) is 11.3 Å². The van der Waals surface area contributed by atoms with E-state index in [2.05, 4.69) is 207 Å².